The van der Waals surface area contributed by atoms with Gasteiger partial charge in [-0.25, -0.2) is 9.67 Å². The van der Waals surface area contributed by atoms with Gasteiger partial charge in [-0.15, -0.1) is 24.8 Å². The summed E-state index contributed by atoms with van der Waals surface area (Å²) in [5.41, 5.74) is 2.26. The number of nitrogens with zero attached hydrogens (tertiary/aromatic N) is 3. The molecule has 1 saturated heterocycles. The van der Waals surface area contributed by atoms with E-state index in [1.54, 1.807) is 11.0 Å². The smallest absolute Gasteiger partial charge is 0.224 e. The van der Waals surface area contributed by atoms with E-state index in [0.29, 0.717) is 13.1 Å². The predicted molar refractivity (Wildman–Crippen MR) is 92.9 cm³/mol. The lowest BCUT2D eigenvalue weighted by molar-refractivity contribution is -0.124. The molecule has 2 heterocycles. The summed E-state index contributed by atoms with van der Waals surface area (Å²) in [5.74, 6) is 0.239. The molecule has 0 aliphatic carbocycles. The molecule has 1 aromatic heterocycles. The largest absolute Gasteiger partial charge is 0.352 e. The number of benzene rings is 1. The Labute approximate surface area is 147 Å². The summed E-state index contributed by atoms with van der Waals surface area (Å²) in [6, 6.07) is 8.08. The number of hydrogen-bond donors (Lipinski definition) is 2. The van der Waals surface area contributed by atoms with Gasteiger partial charge in [0, 0.05) is 13.1 Å². The molecule has 0 saturated carbocycles. The Morgan fingerprint density at radius 3 is 2.74 bits per heavy atom. The van der Waals surface area contributed by atoms with Crippen LogP contribution in [0, 0.1) is 5.92 Å². The van der Waals surface area contributed by atoms with Crippen LogP contribution in [0.25, 0.3) is 0 Å². The highest BCUT2D eigenvalue weighted by molar-refractivity contribution is 5.85. The van der Waals surface area contributed by atoms with Crippen molar-refractivity contribution in [2.24, 2.45) is 5.92 Å². The molecular formula is C15H21Cl2N5O. The first-order valence-corrected chi connectivity index (χ1v) is 7.20. The van der Waals surface area contributed by atoms with E-state index in [2.05, 4.69) is 26.8 Å². The summed E-state index contributed by atoms with van der Waals surface area (Å²) in [4.78, 5) is 16.0. The highest BCUT2D eigenvalue weighted by atomic mass is 35.5. The molecule has 0 radical (unpaired) electrons. The van der Waals surface area contributed by atoms with Crippen LogP contribution in [0.1, 0.15) is 17.5 Å². The number of amides is 1. The maximum atomic E-state index is 12.1. The van der Waals surface area contributed by atoms with E-state index >= 15 is 0 Å². The molecule has 1 atom stereocenters. The number of carbonyl (C=O) groups excluding carboxylic acids is 1. The Morgan fingerprint density at radius 2 is 2.09 bits per heavy atom. The number of aromatic nitrogens is 3. The van der Waals surface area contributed by atoms with Crippen molar-refractivity contribution in [1.29, 1.82) is 0 Å². The molecule has 2 N–H and O–H groups in total. The Morgan fingerprint density at radius 1 is 1.30 bits per heavy atom. The second-order valence-electron chi connectivity index (χ2n) is 5.27. The van der Waals surface area contributed by atoms with Crippen LogP contribution in [0.15, 0.2) is 36.9 Å². The van der Waals surface area contributed by atoms with Crippen molar-refractivity contribution < 1.29 is 4.79 Å². The van der Waals surface area contributed by atoms with Gasteiger partial charge in [0.15, 0.2) is 0 Å². The Kier molecular flexibility index (Phi) is 8.02. The van der Waals surface area contributed by atoms with E-state index in [0.717, 1.165) is 30.6 Å². The molecule has 0 unspecified atom stereocenters. The van der Waals surface area contributed by atoms with Crippen molar-refractivity contribution >= 4 is 30.7 Å². The van der Waals surface area contributed by atoms with Crippen molar-refractivity contribution in [3.8, 4) is 0 Å². The maximum absolute atomic E-state index is 12.1. The first kappa shape index (κ1) is 19.4. The standard InChI is InChI=1S/C15H19N5O.2ClH/c21-15(13-5-6-16-7-13)18-8-12-3-1-2-4-14(12)9-20-11-17-10-19-20;;/h1-4,10-11,13,16H,5-9H2,(H,18,21);2*1H/t13-;;/m1../s1. The molecule has 6 nitrogen and oxygen atoms in total. The molecule has 1 fully saturated rings. The minimum absolute atomic E-state index is 0. The van der Waals surface area contributed by atoms with Crippen molar-refractivity contribution in [2.75, 3.05) is 13.1 Å². The lowest BCUT2D eigenvalue weighted by Gasteiger charge is -2.13. The first-order chi connectivity index (χ1) is 10.3. The molecule has 1 aromatic carbocycles. The SMILES string of the molecule is Cl.Cl.O=C(NCc1ccccc1Cn1cncn1)[C@@H]1CCNC1. The van der Waals surface area contributed by atoms with Gasteiger partial charge in [-0.1, -0.05) is 24.3 Å². The lowest BCUT2D eigenvalue weighted by Crippen LogP contribution is -2.31. The predicted octanol–water partition coefficient (Wildman–Crippen LogP) is 1.40. The van der Waals surface area contributed by atoms with Crippen LogP contribution in [-0.2, 0) is 17.9 Å². The summed E-state index contributed by atoms with van der Waals surface area (Å²) in [6.45, 7) is 2.94. The number of rotatable bonds is 5. The number of halogens is 2. The molecule has 1 amide bonds. The van der Waals surface area contributed by atoms with Crippen LogP contribution in [0.5, 0.6) is 0 Å². The Hall–Kier alpha value is -1.63. The second kappa shape index (κ2) is 9.50. The average molecular weight is 358 g/mol. The van der Waals surface area contributed by atoms with Gasteiger partial charge in [0.2, 0.25) is 5.91 Å². The molecule has 126 valence electrons. The zero-order valence-corrected chi connectivity index (χ0v) is 14.3. The van der Waals surface area contributed by atoms with Crippen LogP contribution in [0.3, 0.4) is 0 Å². The highest BCUT2D eigenvalue weighted by Gasteiger charge is 2.21. The minimum atomic E-state index is 0. The van der Waals surface area contributed by atoms with Gasteiger partial charge < -0.3 is 10.6 Å². The van der Waals surface area contributed by atoms with Crippen LogP contribution < -0.4 is 10.6 Å². The van der Waals surface area contributed by atoms with Crippen molar-refractivity contribution in [3.05, 3.63) is 48.0 Å². The third-order valence-corrected chi connectivity index (χ3v) is 3.80. The van der Waals surface area contributed by atoms with Crippen molar-refractivity contribution in [3.63, 3.8) is 0 Å². The molecule has 0 spiro atoms. The number of carbonyl (C=O) groups is 1. The van der Waals surface area contributed by atoms with Gasteiger partial charge in [0.1, 0.15) is 12.7 Å². The van der Waals surface area contributed by atoms with Crippen molar-refractivity contribution in [1.82, 2.24) is 25.4 Å². The molecule has 1 aliphatic rings. The molecule has 3 rings (SSSR count). The van der Waals surface area contributed by atoms with Crippen LogP contribution in [-0.4, -0.2) is 33.8 Å². The van der Waals surface area contributed by atoms with Crippen LogP contribution >= 0.6 is 24.8 Å². The van der Waals surface area contributed by atoms with Crippen LogP contribution in [0.4, 0.5) is 0 Å². The van der Waals surface area contributed by atoms with E-state index in [1.165, 1.54) is 6.33 Å². The summed E-state index contributed by atoms with van der Waals surface area (Å²) >= 11 is 0. The third kappa shape index (κ3) is 5.20. The van der Waals surface area contributed by atoms with E-state index in [1.807, 2.05) is 18.2 Å². The molecule has 8 heteroatoms. The molecular weight excluding hydrogens is 337 g/mol. The minimum Gasteiger partial charge on any atom is -0.352 e. The monoisotopic (exact) mass is 357 g/mol. The Balaban J connectivity index is 0.00000132. The maximum Gasteiger partial charge on any atom is 0.224 e. The molecule has 23 heavy (non-hydrogen) atoms. The number of hydrogen-bond acceptors (Lipinski definition) is 4. The lowest BCUT2D eigenvalue weighted by atomic mass is 10.1. The Bertz CT molecular complexity index is 600. The first-order valence-electron chi connectivity index (χ1n) is 7.20. The number of nitrogens with one attached hydrogen (secondary N) is 2. The normalized spacial score (nSPS) is 16.3. The second-order valence-corrected chi connectivity index (χ2v) is 5.27. The van der Waals surface area contributed by atoms with Gasteiger partial charge in [0.25, 0.3) is 0 Å². The van der Waals surface area contributed by atoms with Crippen molar-refractivity contribution in [2.45, 2.75) is 19.5 Å². The summed E-state index contributed by atoms with van der Waals surface area (Å²) in [6.07, 6.45) is 4.14. The topological polar surface area (TPSA) is 71.8 Å². The van der Waals surface area contributed by atoms with Gasteiger partial charge >= 0.3 is 0 Å². The summed E-state index contributed by atoms with van der Waals surface area (Å²) in [5, 5.41) is 10.4. The summed E-state index contributed by atoms with van der Waals surface area (Å²) < 4.78 is 1.78. The molecule has 2 aromatic rings. The van der Waals surface area contributed by atoms with E-state index in [-0.39, 0.29) is 36.6 Å². The average Bonchev–Trinajstić information content (AvgIpc) is 3.19. The quantitative estimate of drug-likeness (QED) is 0.848. The molecule has 1 aliphatic heterocycles. The fourth-order valence-electron chi connectivity index (χ4n) is 2.58. The van der Waals surface area contributed by atoms with Gasteiger partial charge in [0.05, 0.1) is 12.5 Å². The van der Waals surface area contributed by atoms with Gasteiger partial charge in [-0.05, 0) is 24.1 Å². The zero-order chi connectivity index (χ0) is 14.5. The zero-order valence-electron chi connectivity index (χ0n) is 12.6. The van der Waals surface area contributed by atoms with Gasteiger partial charge in [-0.3, -0.25) is 4.79 Å². The fourth-order valence-corrected chi connectivity index (χ4v) is 2.58. The molecule has 0 bridgehead atoms. The third-order valence-electron chi connectivity index (χ3n) is 3.80. The summed E-state index contributed by atoms with van der Waals surface area (Å²) in [7, 11) is 0. The van der Waals surface area contributed by atoms with E-state index < -0.39 is 0 Å². The fraction of sp³-hybridized carbons (Fsp3) is 0.400. The van der Waals surface area contributed by atoms with E-state index in [9.17, 15) is 4.79 Å². The van der Waals surface area contributed by atoms with E-state index in [4.69, 9.17) is 0 Å². The van der Waals surface area contributed by atoms with Crippen LogP contribution in [0.2, 0.25) is 0 Å². The highest BCUT2D eigenvalue weighted by Crippen LogP contribution is 2.12. The van der Waals surface area contributed by atoms with Gasteiger partial charge in [-0.2, -0.15) is 5.10 Å².